The molecule has 0 saturated carbocycles. The second-order valence-corrected chi connectivity index (χ2v) is 3.06. The van der Waals surface area contributed by atoms with Crippen molar-refractivity contribution in [2.24, 2.45) is 0 Å². The van der Waals surface area contributed by atoms with Crippen molar-refractivity contribution >= 4 is 5.97 Å². The second-order valence-electron chi connectivity index (χ2n) is 3.06. The van der Waals surface area contributed by atoms with E-state index >= 15 is 0 Å². The van der Waals surface area contributed by atoms with Crippen molar-refractivity contribution < 1.29 is 9.53 Å². The molecule has 1 aliphatic rings. The average Bonchev–Trinajstić information content (AvgIpc) is 2.49. The molecular formula is C8H11N3O2. The Labute approximate surface area is 75.5 Å². The van der Waals surface area contributed by atoms with Gasteiger partial charge in [0.15, 0.2) is 5.69 Å². The number of carbonyl (C=O) groups excluding carboxylic acids is 1. The number of nitrogens with one attached hydrogen (secondary N) is 2. The molecule has 1 saturated heterocycles. The van der Waals surface area contributed by atoms with Crippen molar-refractivity contribution in [3.05, 3.63) is 17.5 Å². The van der Waals surface area contributed by atoms with Gasteiger partial charge >= 0.3 is 5.97 Å². The molecule has 13 heavy (non-hydrogen) atoms. The molecule has 1 aromatic rings. The summed E-state index contributed by atoms with van der Waals surface area (Å²) in [6, 6.07) is 1.75. The number of ether oxygens (including phenoxy) is 1. The van der Waals surface area contributed by atoms with Crippen LogP contribution in [0.4, 0.5) is 0 Å². The number of hydrogen-bond acceptors (Lipinski definition) is 4. The van der Waals surface area contributed by atoms with Crippen molar-refractivity contribution in [2.45, 2.75) is 5.92 Å². The van der Waals surface area contributed by atoms with Crippen LogP contribution in [0.2, 0.25) is 0 Å². The minimum absolute atomic E-state index is 0.351. The molecule has 0 bridgehead atoms. The maximum atomic E-state index is 11.0. The van der Waals surface area contributed by atoms with Gasteiger partial charge in [0, 0.05) is 24.7 Å². The lowest BCUT2D eigenvalue weighted by Gasteiger charge is -2.25. The number of aromatic amines is 1. The third kappa shape index (κ3) is 1.42. The molecule has 5 nitrogen and oxygen atoms in total. The van der Waals surface area contributed by atoms with E-state index in [-0.39, 0.29) is 0 Å². The fourth-order valence-corrected chi connectivity index (χ4v) is 1.26. The van der Waals surface area contributed by atoms with Crippen LogP contribution in [0.3, 0.4) is 0 Å². The Morgan fingerprint density at radius 1 is 1.69 bits per heavy atom. The molecule has 2 N–H and O–H groups in total. The molecule has 5 heteroatoms. The predicted molar refractivity (Wildman–Crippen MR) is 45.5 cm³/mol. The summed E-state index contributed by atoms with van der Waals surface area (Å²) < 4.78 is 4.54. The SMILES string of the molecule is COC(=O)c1cc(C2CNC2)[nH]n1. The van der Waals surface area contributed by atoms with Crippen LogP contribution in [0.1, 0.15) is 22.1 Å². The molecule has 0 aliphatic carbocycles. The smallest absolute Gasteiger partial charge is 0.358 e. The largest absolute Gasteiger partial charge is 0.464 e. The molecule has 0 amide bonds. The fraction of sp³-hybridized carbons (Fsp3) is 0.500. The maximum absolute atomic E-state index is 11.0. The van der Waals surface area contributed by atoms with Gasteiger partial charge in [-0.15, -0.1) is 0 Å². The number of esters is 1. The fourth-order valence-electron chi connectivity index (χ4n) is 1.26. The predicted octanol–water partition coefficient (Wildman–Crippen LogP) is -0.117. The van der Waals surface area contributed by atoms with E-state index in [1.165, 1.54) is 7.11 Å². The van der Waals surface area contributed by atoms with Crippen molar-refractivity contribution in [3.63, 3.8) is 0 Å². The molecule has 1 aliphatic heterocycles. The highest BCUT2D eigenvalue weighted by Gasteiger charge is 2.22. The van der Waals surface area contributed by atoms with Crippen LogP contribution in [-0.2, 0) is 4.74 Å². The van der Waals surface area contributed by atoms with E-state index in [4.69, 9.17) is 0 Å². The number of carbonyl (C=O) groups is 1. The van der Waals surface area contributed by atoms with E-state index in [0.717, 1.165) is 18.8 Å². The van der Waals surface area contributed by atoms with Crippen molar-refractivity contribution in [3.8, 4) is 0 Å². The van der Waals surface area contributed by atoms with Crippen LogP contribution in [-0.4, -0.2) is 36.4 Å². The molecule has 1 aromatic heterocycles. The van der Waals surface area contributed by atoms with E-state index in [9.17, 15) is 4.79 Å². The Kier molecular flexibility index (Phi) is 2.02. The summed E-state index contributed by atoms with van der Waals surface area (Å²) >= 11 is 0. The van der Waals surface area contributed by atoms with Gasteiger partial charge in [-0.2, -0.15) is 5.10 Å². The van der Waals surface area contributed by atoms with Gasteiger partial charge < -0.3 is 10.1 Å². The minimum Gasteiger partial charge on any atom is -0.464 e. The number of methoxy groups -OCH3 is 1. The van der Waals surface area contributed by atoms with E-state index in [1.807, 2.05) is 0 Å². The van der Waals surface area contributed by atoms with Crippen LogP contribution in [0, 0.1) is 0 Å². The van der Waals surface area contributed by atoms with Crippen molar-refractivity contribution in [1.29, 1.82) is 0 Å². The molecule has 0 radical (unpaired) electrons. The number of H-pyrrole nitrogens is 1. The third-order valence-corrected chi connectivity index (χ3v) is 2.21. The topological polar surface area (TPSA) is 67.0 Å². The molecule has 2 rings (SSSR count). The van der Waals surface area contributed by atoms with Gasteiger partial charge in [0.25, 0.3) is 0 Å². The first kappa shape index (κ1) is 8.25. The van der Waals surface area contributed by atoms with Crippen LogP contribution in [0.25, 0.3) is 0 Å². The highest BCUT2D eigenvalue weighted by Crippen LogP contribution is 2.17. The molecule has 0 spiro atoms. The summed E-state index contributed by atoms with van der Waals surface area (Å²) in [5, 5.41) is 9.84. The second kappa shape index (κ2) is 3.18. The monoisotopic (exact) mass is 181 g/mol. The molecule has 0 unspecified atom stereocenters. The van der Waals surface area contributed by atoms with Crippen LogP contribution >= 0.6 is 0 Å². The van der Waals surface area contributed by atoms with Gasteiger partial charge in [-0.05, 0) is 6.07 Å². The van der Waals surface area contributed by atoms with Crippen molar-refractivity contribution in [1.82, 2.24) is 15.5 Å². The Balaban J connectivity index is 2.12. The summed E-state index contributed by atoms with van der Waals surface area (Å²) in [6.07, 6.45) is 0. The molecule has 1 fully saturated rings. The summed E-state index contributed by atoms with van der Waals surface area (Å²) in [7, 11) is 1.35. The Hall–Kier alpha value is -1.36. The third-order valence-electron chi connectivity index (χ3n) is 2.21. The number of nitrogens with zero attached hydrogens (tertiary/aromatic N) is 1. The van der Waals surface area contributed by atoms with E-state index < -0.39 is 5.97 Å². The minimum atomic E-state index is -0.394. The first-order valence-corrected chi connectivity index (χ1v) is 4.15. The van der Waals surface area contributed by atoms with E-state index in [1.54, 1.807) is 6.07 Å². The molecule has 0 aromatic carbocycles. The first-order valence-electron chi connectivity index (χ1n) is 4.15. The van der Waals surface area contributed by atoms with Crippen LogP contribution in [0.15, 0.2) is 6.07 Å². The van der Waals surface area contributed by atoms with E-state index in [0.29, 0.717) is 11.6 Å². The van der Waals surface area contributed by atoms with E-state index in [2.05, 4.69) is 20.3 Å². The lowest BCUT2D eigenvalue weighted by molar-refractivity contribution is 0.0594. The summed E-state index contributed by atoms with van der Waals surface area (Å²) in [6.45, 7) is 1.89. The van der Waals surface area contributed by atoms with Gasteiger partial charge in [0.1, 0.15) is 0 Å². The van der Waals surface area contributed by atoms with Gasteiger partial charge in [0.05, 0.1) is 7.11 Å². The molecule has 70 valence electrons. The van der Waals surface area contributed by atoms with Gasteiger partial charge in [-0.3, -0.25) is 5.10 Å². The molecule has 2 heterocycles. The Morgan fingerprint density at radius 2 is 2.46 bits per heavy atom. The first-order chi connectivity index (χ1) is 6.31. The number of aromatic nitrogens is 2. The standard InChI is InChI=1S/C8H11N3O2/c1-13-8(12)7-2-6(10-11-7)5-3-9-4-5/h2,5,9H,3-4H2,1H3,(H,10,11). The summed E-state index contributed by atoms with van der Waals surface area (Å²) in [5.74, 6) is 0.0701. The molecular weight excluding hydrogens is 170 g/mol. The maximum Gasteiger partial charge on any atom is 0.358 e. The number of hydrogen-bond donors (Lipinski definition) is 2. The number of rotatable bonds is 2. The zero-order chi connectivity index (χ0) is 9.26. The molecule has 0 atom stereocenters. The van der Waals surface area contributed by atoms with Crippen LogP contribution in [0.5, 0.6) is 0 Å². The highest BCUT2D eigenvalue weighted by atomic mass is 16.5. The Bertz CT molecular complexity index is 317. The summed E-state index contributed by atoms with van der Waals surface area (Å²) in [4.78, 5) is 11.0. The van der Waals surface area contributed by atoms with Crippen LogP contribution < -0.4 is 5.32 Å². The van der Waals surface area contributed by atoms with Gasteiger partial charge in [0.2, 0.25) is 0 Å². The lowest BCUT2D eigenvalue weighted by atomic mass is 9.99. The zero-order valence-corrected chi connectivity index (χ0v) is 7.33. The van der Waals surface area contributed by atoms with Gasteiger partial charge in [-0.1, -0.05) is 0 Å². The quantitative estimate of drug-likeness (QED) is 0.624. The Morgan fingerprint density at radius 3 is 3.00 bits per heavy atom. The highest BCUT2D eigenvalue weighted by molar-refractivity contribution is 5.87. The van der Waals surface area contributed by atoms with Crippen molar-refractivity contribution in [2.75, 3.05) is 20.2 Å². The average molecular weight is 181 g/mol. The lowest BCUT2D eigenvalue weighted by Crippen LogP contribution is -2.40. The zero-order valence-electron chi connectivity index (χ0n) is 7.33. The normalized spacial score (nSPS) is 16.7. The van der Waals surface area contributed by atoms with Gasteiger partial charge in [-0.25, -0.2) is 4.79 Å². The summed E-state index contributed by atoms with van der Waals surface area (Å²) in [5.41, 5.74) is 1.35.